The summed E-state index contributed by atoms with van der Waals surface area (Å²) in [5.74, 6) is -2.27. The van der Waals surface area contributed by atoms with Gasteiger partial charge in [0.1, 0.15) is 6.04 Å². The molecule has 0 bridgehead atoms. The molecule has 0 saturated heterocycles. The van der Waals surface area contributed by atoms with Gasteiger partial charge in [-0.2, -0.15) is 0 Å². The van der Waals surface area contributed by atoms with Gasteiger partial charge < -0.3 is 15.7 Å². The molecule has 0 unspecified atom stereocenters. The SMILES string of the molecule is CC(C)[C@@H](NC(=O)c1ccccc1NC(=O)c1ccccc1)C(=O)O. The molecule has 130 valence electrons. The molecule has 2 amide bonds. The minimum absolute atomic E-state index is 0.207. The van der Waals surface area contributed by atoms with Crippen LogP contribution < -0.4 is 10.6 Å². The molecule has 25 heavy (non-hydrogen) atoms. The van der Waals surface area contributed by atoms with E-state index in [-0.39, 0.29) is 17.4 Å². The standard InChI is InChI=1S/C19H20N2O4/c1-12(2)16(19(24)25)21-18(23)14-10-6-7-11-15(14)20-17(22)13-8-4-3-5-9-13/h3-12,16H,1-2H3,(H,20,22)(H,21,23)(H,24,25)/t16-/m1/s1. The Morgan fingerprint density at radius 1 is 0.880 bits per heavy atom. The zero-order chi connectivity index (χ0) is 18.4. The molecule has 2 rings (SSSR count). The topological polar surface area (TPSA) is 95.5 Å². The van der Waals surface area contributed by atoms with E-state index in [1.807, 2.05) is 0 Å². The van der Waals surface area contributed by atoms with Crippen molar-refractivity contribution in [3.63, 3.8) is 0 Å². The first-order chi connectivity index (χ1) is 11.9. The second-order valence-electron chi connectivity index (χ2n) is 5.90. The Bertz CT molecular complexity index is 772. The van der Waals surface area contributed by atoms with Gasteiger partial charge >= 0.3 is 5.97 Å². The van der Waals surface area contributed by atoms with Crippen LogP contribution in [0.15, 0.2) is 54.6 Å². The number of amides is 2. The summed E-state index contributed by atoms with van der Waals surface area (Å²) in [5.41, 5.74) is 0.990. The number of nitrogens with one attached hydrogen (secondary N) is 2. The van der Waals surface area contributed by atoms with Crippen LogP contribution in [0.2, 0.25) is 0 Å². The summed E-state index contributed by atoms with van der Waals surface area (Å²) in [4.78, 5) is 36.0. The Morgan fingerprint density at radius 3 is 2.08 bits per heavy atom. The average molecular weight is 340 g/mol. The second-order valence-corrected chi connectivity index (χ2v) is 5.90. The van der Waals surface area contributed by atoms with Crippen LogP contribution >= 0.6 is 0 Å². The molecular weight excluding hydrogens is 320 g/mol. The maximum Gasteiger partial charge on any atom is 0.326 e. The number of benzene rings is 2. The molecule has 0 saturated carbocycles. The molecule has 0 spiro atoms. The quantitative estimate of drug-likeness (QED) is 0.753. The molecule has 0 aliphatic heterocycles. The Balaban J connectivity index is 2.21. The Kier molecular flexibility index (Phi) is 5.89. The number of aliphatic carboxylic acids is 1. The van der Waals surface area contributed by atoms with E-state index in [4.69, 9.17) is 0 Å². The van der Waals surface area contributed by atoms with E-state index < -0.39 is 17.9 Å². The molecule has 6 nitrogen and oxygen atoms in total. The van der Waals surface area contributed by atoms with Crippen molar-refractivity contribution in [1.82, 2.24) is 5.32 Å². The summed E-state index contributed by atoms with van der Waals surface area (Å²) in [6.45, 7) is 3.42. The van der Waals surface area contributed by atoms with Gasteiger partial charge in [-0.25, -0.2) is 4.79 Å². The van der Waals surface area contributed by atoms with E-state index in [1.54, 1.807) is 62.4 Å². The van der Waals surface area contributed by atoms with Gasteiger partial charge in [0, 0.05) is 5.56 Å². The molecule has 2 aromatic rings. The van der Waals surface area contributed by atoms with Gasteiger partial charge in [0.05, 0.1) is 11.3 Å². The summed E-state index contributed by atoms with van der Waals surface area (Å²) in [6.07, 6.45) is 0. The van der Waals surface area contributed by atoms with Crippen LogP contribution in [-0.2, 0) is 4.79 Å². The molecule has 2 aromatic carbocycles. The third kappa shape index (κ3) is 4.67. The molecule has 0 heterocycles. The van der Waals surface area contributed by atoms with Crippen molar-refractivity contribution in [2.75, 3.05) is 5.32 Å². The first-order valence-electron chi connectivity index (χ1n) is 7.89. The number of rotatable bonds is 6. The number of anilines is 1. The van der Waals surface area contributed by atoms with Crippen molar-refractivity contribution >= 4 is 23.5 Å². The third-order valence-electron chi connectivity index (χ3n) is 3.68. The Labute approximate surface area is 145 Å². The van der Waals surface area contributed by atoms with Gasteiger partial charge in [-0.1, -0.05) is 44.2 Å². The number of hydrogen-bond acceptors (Lipinski definition) is 3. The molecule has 6 heteroatoms. The maximum absolute atomic E-state index is 12.5. The zero-order valence-electron chi connectivity index (χ0n) is 14.0. The Morgan fingerprint density at radius 2 is 1.48 bits per heavy atom. The van der Waals surface area contributed by atoms with Crippen LogP contribution in [0.3, 0.4) is 0 Å². The van der Waals surface area contributed by atoms with Gasteiger partial charge in [-0.15, -0.1) is 0 Å². The minimum atomic E-state index is -1.10. The van der Waals surface area contributed by atoms with E-state index in [0.29, 0.717) is 11.3 Å². The monoisotopic (exact) mass is 340 g/mol. The summed E-state index contributed by atoms with van der Waals surface area (Å²) in [5, 5.41) is 14.4. The van der Waals surface area contributed by atoms with E-state index in [9.17, 15) is 19.5 Å². The van der Waals surface area contributed by atoms with Crippen LogP contribution in [-0.4, -0.2) is 28.9 Å². The van der Waals surface area contributed by atoms with Crippen molar-refractivity contribution in [3.8, 4) is 0 Å². The summed E-state index contributed by atoms with van der Waals surface area (Å²) in [6, 6.07) is 14.1. The highest BCUT2D eigenvalue weighted by atomic mass is 16.4. The molecule has 0 fully saturated rings. The highest BCUT2D eigenvalue weighted by Gasteiger charge is 2.25. The van der Waals surface area contributed by atoms with Crippen LogP contribution in [0.4, 0.5) is 5.69 Å². The fourth-order valence-electron chi connectivity index (χ4n) is 2.31. The third-order valence-corrected chi connectivity index (χ3v) is 3.68. The number of carboxylic acid groups (broad SMARTS) is 1. The van der Waals surface area contributed by atoms with E-state index >= 15 is 0 Å². The van der Waals surface area contributed by atoms with Gasteiger partial charge in [-0.3, -0.25) is 9.59 Å². The van der Waals surface area contributed by atoms with Gasteiger partial charge in [0.2, 0.25) is 0 Å². The first kappa shape index (κ1) is 18.2. The average Bonchev–Trinajstić information content (AvgIpc) is 2.60. The van der Waals surface area contributed by atoms with E-state index in [0.717, 1.165) is 0 Å². The first-order valence-corrected chi connectivity index (χ1v) is 7.89. The molecule has 0 aromatic heterocycles. The fourth-order valence-corrected chi connectivity index (χ4v) is 2.31. The number of carbonyl (C=O) groups excluding carboxylic acids is 2. The number of para-hydroxylation sites is 1. The van der Waals surface area contributed by atoms with Crippen LogP contribution in [0, 0.1) is 5.92 Å². The maximum atomic E-state index is 12.5. The van der Waals surface area contributed by atoms with Gasteiger partial charge in [0.25, 0.3) is 11.8 Å². The summed E-state index contributed by atoms with van der Waals surface area (Å²) < 4.78 is 0. The lowest BCUT2D eigenvalue weighted by Gasteiger charge is -2.19. The number of carbonyl (C=O) groups is 3. The van der Waals surface area contributed by atoms with Crippen LogP contribution in [0.1, 0.15) is 34.6 Å². The van der Waals surface area contributed by atoms with Gasteiger partial charge in [0.15, 0.2) is 0 Å². The molecular formula is C19H20N2O4. The molecule has 1 atom stereocenters. The highest BCUT2D eigenvalue weighted by molar-refractivity contribution is 6.09. The minimum Gasteiger partial charge on any atom is -0.480 e. The normalized spacial score (nSPS) is 11.6. The predicted molar refractivity (Wildman–Crippen MR) is 94.6 cm³/mol. The fraction of sp³-hybridized carbons (Fsp3) is 0.211. The van der Waals surface area contributed by atoms with Crippen LogP contribution in [0.25, 0.3) is 0 Å². The van der Waals surface area contributed by atoms with Crippen molar-refractivity contribution in [3.05, 3.63) is 65.7 Å². The van der Waals surface area contributed by atoms with Gasteiger partial charge in [-0.05, 0) is 30.2 Å². The lowest BCUT2D eigenvalue weighted by molar-refractivity contribution is -0.140. The summed E-state index contributed by atoms with van der Waals surface area (Å²) in [7, 11) is 0. The highest BCUT2D eigenvalue weighted by Crippen LogP contribution is 2.17. The van der Waals surface area contributed by atoms with E-state index in [2.05, 4.69) is 10.6 Å². The lowest BCUT2D eigenvalue weighted by atomic mass is 10.0. The Hall–Kier alpha value is -3.15. The molecule has 3 N–H and O–H groups in total. The molecule has 0 radical (unpaired) electrons. The largest absolute Gasteiger partial charge is 0.480 e. The zero-order valence-corrected chi connectivity index (χ0v) is 14.0. The lowest BCUT2D eigenvalue weighted by Crippen LogP contribution is -2.44. The van der Waals surface area contributed by atoms with E-state index in [1.165, 1.54) is 6.07 Å². The smallest absolute Gasteiger partial charge is 0.326 e. The second kappa shape index (κ2) is 8.10. The van der Waals surface area contributed by atoms with Crippen molar-refractivity contribution < 1.29 is 19.5 Å². The molecule has 0 aliphatic carbocycles. The van der Waals surface area contributed by atoms with Crippen molar-refractivity contribution in [2.45, 2.75) is 19.9 Å². The van der Waals surface area contributed by atoms with Crippen LogP contribution in [0.5, 0.6) is 0 Å². The number of carboxylic acids is 1. The van der Waals surface area contributed by atoms with Crippen molar-refractivity contribution in [2.24, 2.45) is 5.92 Å². The number of hydrogen-bond donors (Lipinski definition) is 3. The predicted octanol–water partition coefficient (Wildman–Crippen LogP) is 2.78. The van der Waals surface area contributed by atoms with Crippen molar-refractivity contribution in [1.29, 1.82) is 0 Å². The summed E-state index contributed by atoms with van der Waals surface area (Å²) >= 11 is 0. The molecule has 0 aliphatic rings.